The molecular weight excluding hydrogens is 504 g/mol. The van der Waals surface area contributed by atoms with Crippen LogP contribution in [-0.2, 0) is 19.8 Å². The van der Waals surface area contributed by atoms with Crippen molar-refractivity contribution in [1.29, 1.82) is 0 Å². The number of carbonyl (C=O) groups is 1. The molecule has 0 bridgehead atoms. The maximum atomic E-state index is 12.9. The van der Waals surface area contributed by atoms with Crippen molar-refractivity contribution >= 4 is 5.97 Å². The van der Waals surface area contributed by atoms with Gasteiger partial charge in [0.2, 0.25) is 0 Å². The average Bonchev–Trinajstić information content (AvgIpc) is 3.45. The first-order chi connectivity index (χ1) is 19.5. The van der Waals surface area contributed by atoms with E-state index in [9.17, 15) is 4.79 Å². The van der Waals surface area contributed by atoms with Crippen LogP contribution in [0.2, 0.25) is 0 Å². The molecule has 6 nitrogen and oxygen atoms in total. The summed E-state index contributed by atoms with van der Waals surface area (Å²) in [5, 5.41) is 0. The molecule has 0 aliphatic carbocycles. The Balaban J connectivity index is 1.49. The molecule has 0 aromatic heterocycles. The van der Waals surface area contributed by atoms with Gasteiger partial charge in [-0.05, 0) is 60.0 Å². The summed E-state index contributed by atoms with van der Waals surface area (Å²) < 4.78 is 29.8. The molecule has 0 unspecified atom stereocenters. The smallest absolute Gasteiger partial charge is 0.338 e. The monoisotopic (exact) mass is 538 g/mol. The molecule has 1 fully saturated rings. The SMILES string of the molecule is COc1ccc(C(OC[C@H]2OCC[C@@H]2OC(=O)c2ccc(C)cc2)(c2ccccc2)c2ccc(OC)cc2)cc1. The predicted octanol–water partition coefficient (Wildman–Crippen LogP) is 6.34. The van der Waals surface area contributed by atoms with Crippen molar-refractivity contribution in [2.24, 2.45) is 0 Å². The molecule has 1 saturated heterocycles. The van der Waals surface area contributed by atoms with Crippen LogP contribution in [0.15, 0.2) is 103 Å². The average molecular weight is 539 g/mol. The summed E-state index contributed by atoms with van der Waals surface area (Å²) in [6.45, 7) is 2.68. The second kappa shape index (κ2) is 12.4. The number of benzene rings is 4. The lowest BCUT2D eigenvalue weighted by Crippen LogP contribution is -2.39. The molecule has 5 rings (SSSR count). The van der Waals surface area contributed by atoms with Gasteiger partial charge in [0.1, 0.15) is 29.3 Å². The van der Waals surface area contributed by atoms with Crippen LogP contribution in [0.3, 0.4) is 0 Å². The third kappa shape index (κ3) is 5.74. The molecule has 2 atom stereocenters. The highest BCUT2D eigenvalue weighted by molar-refractivity contribution is 5.89. The van der Waals surface area contributed by atoms with Gasteiger partial charge in [0.15, 0.2) is 0 Å². The van der Waals surface area contributed by atoms with Crippen LogP contribution in [0, 0.1) is 6.92 Å². The first-order valence-electron chi connectivity index (χ1n) is 13.4. The number of aryl methyl sites for hydroxylation is 1. The van der Waals surface area contributed by atoms with Crippen molar-refractivity contribution in [3.8, 4) is 11.5 Å². The summed E-state index contributed by atoms with van der Waals surface area (Å²) in [6.07, 6.45) is -0.238. The van der Waals surface area contributed by atoms with Gasteiger partial charge in [0.25, 0.3) is 0 Å². The number of rotatable bonds is 10. The van der Waals surface area contributed by atoms with E-state index < -0.39 is 17.8 Å². The highest BCUT2D eigenvalue weighted by atomic mass is 16.6. The van der Waals surface area contributed by atoms with E-state index in [0.717, 1.165) is 33.8 Å². The summed E-state index contributed by atoms with van der Waals surface area (Å²) in [7, 11) is 3.30. The van der Waals surface area contributed by atoms with Gasteiger partial charge < -0.3 is 23.7 Å². The van der Waals surface area contributed by atoms with Crippen molar-refractivity contribution < 1.29 is 28.5 Å². The van der Waals surface area contributed by atoms with E-state index in [0.29, 0.717) is 18.6 Å². The second-order valence-corrected chi connectivity index (χ2v) is 9.82. The quantitative estimate of drug-likeness (QED) is 0.174. The Kier molecular flexibility index (Phi) is 8.48. The summed E-state index contributed by atoms with van der Waals surface area (Å²) in [6, 6.07) is 33.2. The number of hydrogen-bond acceptors (Lipinski definition) is 6. The van der Waals surface area contributed by atoms with Gasteiger partial charge >= 0.3 is 5.97 Å². The van der Waals surface area contributed by atoms with E-state index in [1.54, 1.807) is 26.4 Å². The lowest BCUT2D eigenvalue weighted by Gasteiger charge is -2.37. The molecule has 1 aliphatic heterocycles. The zero-order valence-electron chi connectivity index (χ0n) is 23.0. The zero-order chi connectivity index (χ0) is 28.0. The molecular formula is C34H34O6. The summed E-state index contributed by atoms with van der Waals surface area (Å²) in [5.74, 6) is 1.14. The van der Waals surface area contributed by atoms with Crippen molar-refractivity contribution in [1.82, 2.24) is 0 Å². The molecule has 206 valence electrons. The third-order valence-corrected chi connectivity index (χ3v) is 7.33. The van der Waals surface area contributed by atoms with Crippen molar-refractivity contribution in [3.05, 3.63) is 131 Å². The lowest BCUT2D eigenvalue weighted by atomic mass is 9.80. The number of methoxy groups -OCH3 is 2. The van der Waals surface area contributed by atoms with Crippen molar-refractivity contribution in [2.75, 3.05) is 27.4 Å². The third-order valence-electron chi connectivity index (χ3n) is 7.33. The largest absolute Gasteiger partial charge is 0.497 e. The lowest BCUT2D eigenvalue weighted by molar-refractivity contribution is -0.0742. The first-order valence-corrected chi connectivity index (χ1v) is 13.4. The zero-order valence-corrected chi connectivity index (χ0v) is 23.0. The van der Waals surface area contributed by atoms with Gasteiger partial charge in [0, 0.05) is 6.42 Å². The Morgan fingerprint density at radius 1 is 0.775 bits per heavy atom. The molecule has 1 heterocycles. The molecule has 0 N–H and O–H groups in total. The van der Waals surface area contributed by atoms with Crippen LogP contribution in [-0.4, -0.2) is 45.6 Å². The standard InChI is InChI=1S/C34H34O6/c1-24-9-11-25(12-10-24)33(35)40-31-21-22-38-32(31)23-39-34(26-7-5-4-6-8-26,27-13-17-29(36-2)18-14-27)28-15-19-30(37-3)20-16-28/h4-20,31-32H,21-23H2,1-3H3/t31-,32+/m0/s1. The first kappa shape index (κ1) is 27.4. The Labute approximate surface area is 235 Å². The topological polar surface area (TPSA) is 63.2 Å². The van der Waals surface area contributed by atoms with Gasteiger partial charge in [-0.15, -0.1) is 0 Å². The fraction of sp³-hybridized carbons (Fsp3) is 0.265. The Morgan fingerprint density at radius 2 is 1.32 bits per heavy atom. The van der Waals surface area contributed by atoms with Gasteiger partial charge in [0.05, 0.1) is 33.0 Å². The van der Waals surface area contributed by atoms with E-state index in [2.05, 4.69) is 12.1 Å². The fourth-order valence-corrected chi connectivity index (χ4v) is 5.10. The van der Waals surface area contributed by atoms with Crippen LogP contribution in [0.1, 0.15) is 39.0 Å². The van der Waals surface area contributed by atoms with Gasteiger partial charge in [-0.25, -0.2) is 4.79 Å². The highest BCUT2D eigenvalue weighted by Crippen LogP contribution is 2.42. The number of esters is 1. The van der Waals surface area contributed by atoms with Crippen LogP contribution in [0.4, 0.5) is 0 Å². The molecule has 0 amide bonds. The van der Waals surface area contributed by atoms with E-state index in [1.165, 1.54) is 0 Å². The predicted molar refractivity (Wildman–Crippen MR) is 153 cm³/mol. The minimum absolute atomic E-state index is 0.207. The molecule has 40 heavy (non-hydrogen) atoms. The van der Waals surface area contributed by atoms with Gasteiger partial charge in [-0.1, -0.05) is 72.3 Å². The normalized spacial score (nSPS) is 16.9. The number of carbonyl (C=O) groups excluding carboxylic acids is 1. The van der Waals surface area contributed by atoms with E-state index in [-0.39, 0.29) is 12.6 Å². The molecule has 0 radical (unpaired) electrons. The Morgan fingerprint density at radius 3 is 1.88 bits per heavy atom. The highest BCUT2D eigenvalue weighted by Gasteiger charge is 2.41. The molecule has 4 aromatic rings. The Hall–Kier alpha value is -4.13. The fourth-order valence-electron chi connectivity index (χ4n) is 5.10. The van der Waals surface area contributed by atoms with E-state index >= 15 is 0 Å². The van der Waals surface area contributed by atoms with Crippen LogP contribution in [0.5, 0.6) is 11.5 Å². The Bertz CT molecular complexity index is 1330. The van der Waals surface area contributed by atoms with Crippen molar-refractivity contribution in [2.45, 2.75) is 31.2 Å². The van der Waals surface area contributed by atoms with E-state index in [4.69, 9.17) is 23.7 Å². The minimum Gasteiger partial charge on any atom is -0.497 e. The molecule has 0 spiro atoms. The molecule has 6 heteroatoms. The van der Waals surface area contributed by atoms with Crippen molar-refractivity contribution in [3.63, 3.8) is 0 Å². The van der Waals surface area contributed by atoms with Crippen LogP contribution in [0.25, 0.3) is 0 Å². The van der Waals surface area contributed by atoms with Gasteiger partial charge in [-0.2, -0.15) is 0 Å². The maximum absolute atomic E-state index is 12.9. The molecule has 1 aliphatic rings. The number of hydrogen-bond donors (Lipinski definition) is 0. The number of ether oxygens (including phenoxy) is 5. The second-order valence-electron chi connectivity index (χ2n) is 9.82. The molecule has 4 aromatic carbocycles. The summed E-state index contributed by atoms with van der Waals surface area (Å²) in [4.78, 5) is 12.9. The van der Waals surface area contributed by atoms with Crippen LogP contribution >= 0.6 is 0 Å². The maximum Gasteiger partial charge on any atom is 0.338 e. The van der Waals surface area contributed by atoms with Crippen LogP contribution < -0.4 is 9.47 Å². The summed E-state index contributed by atoms with van der Waals surface area (Å²) in [5.41, 5.74) is 3.44. The van der Waals surface area contributed by atoms with E-state index in [1.807, 2.05) is 85.8 Å². The minimum atomic E-state index is -0.975. The summed E-state index contributed by atoms with van der Waals surface area (Å²) >= 11 is 0. The van der Waals surface area contributed by atoms with Gasteiger partial charge in [-0.3, -0.25) is 0 Å². The molecule has 0 saturated carbocycles.